The topological polar surface area (TPSA) is 49.3 Å². The lowest BCUT2D eigenvalue weighted by molar-refractivity contribution is 0.0701. The number of nitrogens with one attached hydrogen (secondary N) is 1. The third-order valence-electron chi connectivity index (χ3n) is 3.07. The SMILES string of the molecule is CCCCC(CCC)NCc1ccsc1C(=O)O. The van der Waals surface area contributed by atoms with Crippen LogP contribution in [0.1, 0.15) is 61.2 Å². The van der Waals surface area contributed by atoms with Crippen LogP contribution in [0.4, 0.5) is 0 Å². The molecule has 0 fully saturated rings. The first kappa shape index (κ1) is 15.2. The molecule has 18 heavy (non-hydrogen) atoms. The monoisotopic (exact) mass is 269 g/mol. The second kappa shape index (κ2) is 8.27. The van der Waals surface area contributed by atoms with Gasteiger partial charge in [0.1, 0.15) is 4.88 Å². The molecule has 1 atom stereocenters. The Morgan fingerprint density at radius 1 is 1.39 bits per heavy atom. The van der Waals surface area contributed by atoms with Crippen molar-refractivity contribution in [2.45, 2.75) is 58.5 Å². The summed E-state index contributed by atoms with van der Waals surface area (Å²) in [6.45, 7) is 5.05. The first-order chi connectivity index (χ1) is 8.69. The van der Waals surface area contributed by atoms with Gasteiger partial charge in [-0.05, 0) is 29.9 Å². The average Bonchev–Trinajstić information content (AvgIpc) is 2.81. The fourth-order valence-electron chi connectivity index (χ4n) is 2.06. The molecule has 0 bridgehead atoms. The number of carboxylic acid groups (broad SMARTS) is 1. The van der Waals surface area contributed by atoms with Crippen molar-refractivity contribution in [3.05, 3.63) is 21.9 Å². The summed E-state index contributed by atoms with van der Waals surface area (Å²) in [5, 5.41) is 14.4. The number of unbranched alkanes of at least 4 members (excludes halogenated alkanes) is 1. The third-order valence-corrected chi connectivity index (χ3v) is 4.01. The molecule has 0 radical (unpaired) electrons. The van der Waals surface area contributed by atoms with Crippen LogP contribution in [0.25, 0.3) is 0 Å². The summed E-state index contributed by atoms with van der Waals surface area (Å²) in [5.74, 6) is -0.817. The molecule has 0 spiro atoms. The number of rotatable bonds is 9. The van der Waals surface area contributed by atoms with Crippen molar-refractivity contribution in [1.29, 1.82) is 0 Å². The van der Waals surface area contributed by atoms with E-state index in [0.29, 0.717) is 17.5 Å². The summed E-state index contributed by atoms with van der Waals surface area (Å²) in [7, 11) is 0. The third kappa shape index (κ3) is 4.78. The lowest BCUT2D eigenvalue weighted by Gasteiger charge is -2.17. The molecule has 3 nitrogen and oxygen atoms in total. The highest BCUT2D eigenvalue weighted by molar-refractivity contribution is 7.12. The Bertz CT molecular complexity index is 362. The normalized spacial score (nSPS) is 12.6. The zero-order valence-electron chi connectivity index (χ0n) is 11.2. The molecule has 0 saturated carbocycles. The van der Waals surface area contributed by atoms with E-state index in [1.54, 1.807) is 0 Å². The second-order valence-electron chi connectivity index (χ2n) is 4.59. The maximum Gasteiger partial charge on any atom is 0.346 e. The highest BCUT2D eigenvalue weighted by Gasteiger charge is 2.13. The Morgan fingerprint density at radius 3 is 2.78 bits per heavy atom. The van der Waals surface area contributed by atoms with Crippen LogP contribution in [0.15, 0.2) is 11.4 Å². The van der Waals surface area contributed by atoms with Crippen LogP contribution in [0.2, 0.25) is 0 Å². The summed E-state index contributed by atoms with van der Waals surface area (Å²) in [6, 6.07) is 2.42. The molecule has 0 aliphatic rings. The van der Waals surface area contributed by atoms with Gasteiger partial charge in [0.15, 0.2) is 0 Å². The molecule has 102 valence electrons. The number of carboxylic acids is 1. The highest BCUT2D eigenvalue weighted by Crippen LogP contribution is 2.17. The van der Waals surface area contributed by atoms with E-state index in [1.165, 1.54) is 30.6 Å². The molecule has 1 unspecified atom stereocenters. The molecule has 2 N–H and O–H groups in total. The molecule has 0 aromatic carbocycles. The second-order valence-corrected chi connectivity index (χ2v) is 5.50. The van der Waals surface area contributed by atoms with E-state index in [-0.39, 0.29) is 0 Å². The van der Waals surface area contributed by atoms with E-state index in [4.69, 9.17) is 5.11 Å². The Kier molecular flexibility index (Phi) is 6.98. The number of hydrogen-bond acceptors (Lipinski definition) is 3. The molecule has 1 heterocycles. The molecule has 0 aliphatic heterocycles. The van der Waals surface area contributed by atoms with Gasteiger partial charge in [-0.2, -0.15) is 0 Å². The Labute approximate surface area is 113 Å². The minimum Gasteiger partial charge on any atom is -0.477 e. The first-order valence-corrected chi connectivity index (χ1v) is 7.60. The number of thiophene rings is 1. The maximum atomic E-state index is 11.0. The average molecular weight is 269 g/mol. The minimum atomic E-state index is -0.817. The maximum absolute atomic E-state index is 11.0. The summed E-state index contributed by atoms with van der Waals surface area (Å²) < 4.78 is 0. The zero-order chi connectivity index (χ0) is 13.4. The van der Waals surface area contributed by atoms with E-state index in [0.717, 1.165) is 18.4 Å². The van der Waals surface area contributed by atoms with Crippen molar-refractivity contribution in [2.24, 2.45) is 0 Å². The minimum absolute atomic E-state index is 0.466. The van der Waals surface area contributed by atoms with Gasteiger partial charge in [-0.3, -0.25) is 0 Å². The number of carbonyl (C=O) groups is 1. The first-order valence-electron chi connectivity index (χ1n) is 6.72. The van der Waals surface area contributed by atoms with Gasteiger partial charge in [0.25, 0.3) is 0 Å². The van der Waals surface area contributed by atoms with Gasteiger partial charge in [0.2, 0.25) is 0 Å². The van der Waals surface area contributed by atoms with E-state index in [9.17, 15) is 4.79 Å². The fourth-order valence-corrected chi connectivity index (χ4v) is 2.83. The van der Waals surface area contributed by atoms with Crippen molar-refractivity contribution >= 4 is 17.3 Å². The summed E-state index contributed by atoms with van der Waals surface area (Å²) in [4.78, 5) is 11.5. The van der Waals surface area contributed by atoms with E-state index < -0.39 is 5.97 Å². The molecular formula is C14H23NO2S. The van der Waals surface area contributed by atoms with Crippen molar-refractivity contribution in [3.63, 3.8) is 0 Å². The molecule has 1 rings (SSSR count). The van der Waals surface area contributed by atoms with E-state index in [2.05, 4.69) is 19.2 Å². The number of aromatic carboxylic acids is 1. The molecule has 1 aromatic rings. The van der Waals surface area contributed by atoms with Gasteiger partial charge in [0, 0.05) is 12.6 Å². The van der Waals surface area contributed by atoms with Crippen LogP contribution in [0, 0.1) is 0 Å². The van der Waals surface area contributed by atoms with Crippen molar-refractivity contribution in [1.82, 2.24) is 5.32 Å². The van der Waals surface area contributed by atoms with Gasteiger partial charge in [-0.1, -0.05) is 33.1 Å². The Morgan fingerprint density at radius 2 is 2.17 bits per heavy atom. The van der Waals surface area contributed by atoms with Crippen LogP contribution < -0.4 is 5.32 Å². The molecule has 0 saturated heterocycles. The van der Waals surface area contributed by atoms with Gasteiger partial charge in [-0.15, -0.1) is 11.3 Å². The van der Waals surface area contributed by atoms with Gasteiger partial charge in [-0.25, -0.2) is 4.79 Å². The summed E-state index contributed by atoms with van der Waals surface area (Å²) in [5.41, 5.74) is 0.908. The molecule has 4 heteroatoms. The predicted molar refractivity (Wildman–Crippen MR) is 76.3 cm³/mol. The Balaban J connectivity index is 2.49. The largest absolute Gasteiger partial charge is 0.477 e. The fraction of sp³-hybridized carbons (Fsp3) is 0.643. The van der Waals surface area contributed by atoms with Crippen LogP contribution >= 0.6 is 11.3 Å². The molecule has 1 aromatic heterocycles. The predicted octanol–water partition coefficient (Wildman–Crippen LogP) is 3.89. The van der Waals surface area contributed by atoms with Crippen molar-refractivity contribution in [3.8, 4) is 0 Å². The Hall–Kier alpha value is -0.870. The lowest BCUT2D eigenvalue weighted by Crippen LogP contribution is -2.28. The standard InChI is InChI=1S/C14H23NO2S/c1-3-5-7-12(6-4-2)15-10-11-8-9-18-13(11)14(16)17/h8-9,12,15H,3-7,10H2,1-2H3,(H,16,17). The molecule has 0 amide bonds. The smallest absolute Gasteiger partial charge is 0.346 e. The van der Waals surface area contributed by atoms with Crippen LogP contribution in [0.3, 0.4) is 0 Å². The molecular weight excluding hydrogens is 246 g/mol. The van der Waals surface area contributed by atoms with Gasteiger partial charge >= 0.3 is 5.97 Å². The van der Waals surface area contributed by atoms with Gasteiger partial charge in [0.05, 0.1) is 0 Å². The van der Waals surface area contributed by atoms with Crippen LogP contribution in [-0.4, -0.2) is 17.1 Å². The zero-order valence-corrected chi connectivity index (χ0v) is 12.1. The molecule has 0 aliphatic carbocycles. The van der Waals surface area contributed by atoms with Gasteiger partial charge < -0.3 is 10.4 Å². The van der Waals surface area contributed by atoms with E-state index >= 15 is 0 Å². The summed E-state index contributed by atoms with van der Waals surface area (Å²) in [6.07, 6.45) is 5.94. The van der Waals surface area contributed by atoms with Crippen LogP contribution in [0.5, 0.6) is 0 Å². The van der Waals surface area contributed by atoms with Crippen molar-refractivity contribution in [2.75, 3.05) is 0 Å². The summed E-state index contributed by atoms with van der Waals surface area (Å²) >= 11 is 1.30. The number of hydrogen-bond donors (Lipinski definition) is 2. The highest BCUT2D eigenvalue weighted by atomic mass is 32.1. The lowest BCUT2D eigenvalue weighted by atomic mass is 10.0. The van der Waals surface area contributed by atoms with Crippen molar-refractivity contribution < 1.29 is 9.90 Å². The van der Waals surface area contributed by atoms with E-state index in [1.807, 2.05) is 11.4 Å². The quantitative estimate of drug-likeness (QED) is 0.715. The van der Waals surface area contributed by atoms with Crippen LogP contribution in [-0.2, 0) is 6.54 Å².